The van der Waals surface area contributed by atoms with E-state index in [0.717, 1.165) is 17.3 Å². The molecule has 2 amide bonds. The van der Waals surface area contributed by atoms with E-state index in [9.17, 15) is 19.7 Å². The molecule has 0 aliphatic rings. The fourth-order valence-electron chi connectivity index (χ4n) is 3.52. The highest BCUT2D eigenvalue weighted by Gasteiger charge is 2.26. The van der Waals surface area contributed by atoms with Crippen LogP contribution in [0.15, 0.2) is 60.3 Å². The molecule has 0 aliphatic heterocycles. The van der Waals surface area contributed by atoms with Crippen LogP contribution in [0.3, 0.4) is 0 Å². The molecule has 2 aromatic carbocycles. The maximum atomic E-state index is 12.9. The van der Waals surface area contributed by atoms with Crippen LogP contribution in [-0.2, 0) is 11.3 Å². The molecule has 10 nitrogen and oxygen atoms in total. The van der Waals surface area contributed by atoms with Gasteiger partial charge in [0.25, 0.3) is 11.6 Å². The first-order valence-corrected chi connectivity index (χ1v) is 12.7. The second kappa shape index (κ2) is 12.5. The van der Waals surface area contributed by atoms with Gasteiger partial charge in [-0.1, -0.05) is 61.0 Å². The molecule has 2 N–H and O–H groups in total. The number of anilines is 1. The van der Waals surface area contributed by atoms with Crippen molar-refractivity contribution in [2.75, 3.05) is 11.1 Å². The molecule has 1 atom stereocenters. The average molecular weight is 543 g/mol. The van der Waals surface area contributed by atoms with E-state index in [2.05, 4.69) is 27.4 Å². The number of amides is 2. The highest BCUT2D eigenvalue weighted by atomic mass is 35.5. The van der Waals surface area contributed by atoms with Crippen molar-refractivity contribution in [1.29, 1.82) is 0 Å². The summed E-state index contributed by atoms with van der Waals surface area (Å²) in [5.74, 6) is -0.150. The maximum absolute atomic E-state index is 12.9. The van der Waals surface area contributed by atoms with Crippen LogP contribution in [0.2, 0.25) is 5.02 Å². The molecule has 194 valence electrons. The van der Waals surface area contributed by atoms with E-state index >= 15 is 0 Å². The minimum atomic E-state index is -0.567. The minimum Gasteiger partial charge on any atom is -0.342 e. The first kappa shape index (κ1) is 27.9. The third kappa shape index (κ3) is 7.17. The number of aromatic nitrogens is 3. The summed E-state index contributed by atoms with van der Waals surface area (Å²) in [5.41, 5.74) is 1.49. The molecule has 0 radical (unpaired) electrons. The predicted octanol–water partition coefficient (Wildman–Crippen LogP) is 5.19. The zero-order valence-electron chi connectivity index (χ0n) is 20.6. The molecule has 0 unspecified atom stereocenters. The Bertz CT molecular complexity index is 1330. The molecule has 12 heteroatoms. The van der Waals surface area contributed by atoms with Crippen LogP contribution >= 0.6 is 23.4 Å². The van der Waals surface area contributed by atoms with Crippen molar-refractivity contribution in [1.82, 2.24) is 20.1 Å². The Morgan fingerprint density at radius 2 is 2.00 bits per heavy atom. The minimum absolute atomic E-state index is 0.00122. The van der Waals surface area contributed by atoms with E-state index in [4.69, 9.17) is 11.6 Å². The first-order valence-electron chi connectivity index (χ1n) is 11.4. The lowest BCUT2D eigenvalue weighted by molar-refractivity contribution is -0.384. The lowest BCUT2D eigenvalue weighted by Gasteiger charge is -2.22. The molecule has 3 aromatic rings. The Balaban J connectivity index is 1.76. The molecular formula is C25H27ClN6O4S. The molecule has 37 heavy (non-hydrogen) atoms. The summed E-state index contributed by atoms with van der Waals surface area (Å²) in [6.45, 7) is 10.0. The Morgan fingerprint density at radius 1 is 1.24 bits per heavy atom. The van der Waals surface area contributed by atoms with E-state index in [1.807, 2.05) is 39.0 Å². The van der Waals surface area contributed by atoms with Crippen molar-refractivity contribution >= 4 is 46.6 Å². The fraction of sp³-hybridized carbons (Fsp3) is 0.280. The van der Waals surface area contributed by atoms with Gasteiger partial charge in [0.05, 0.1) is 27.4 Å². The van der Waals surface area contributed by atoms with Crippen molar-refractivity contribution in [3.05, 3.63) is 87.2 Å². The number of nitro groups is 1. The van der Waals surface area contributed by atoms with Gasteiger partial charge in [-0.3, -0.25) is 19.7 Å². The lowest BCUT2D eigenvalue weighted by atomic mass is 10.0. The van der Waals surface area contributed by atoms with Gasteiger partial charge in [-0.15, -0.1) is 16.8 Å². The molecule has 1 aromatic heterocycles. The summed E-state index contributed by atoms with van der Waals surface area (Å²) in [4.78, 5) is 36.0. The van der Waals surface area contributed by atoms with E-state index in [1.165, 1.54) is 18.2 Å². The molecule has 0 fully saturated rings. The lowest BCUT2D eigenvalue weighted by Crippen LogP contribution is -2.34. The van der Waals surface area contributed by atoms with Crippen LogP contribution in [0.5, 0.6) is 0 Å². The van der Waals surface area contributed by atoms with Gasteiger partial charge >= 0.3 is 0 Å². The normalized spacial score (nSPS) is 11.7. The van der Waals surface area contributed by atoms with Crippen LogP contribution in [-0.4, -0.2) is 37.3 Å². The number of hydrogen-bond acceptors (Lipinski definition) is 7. The second-order valence-electron chi connectivity index (χ2n) is 8.56. The number of aryl methyl sites for hydroxylation is 1. The molecular weight excluding hydrogens is 516 g/mol. The fourth-order valence-corrected chi connectivity index (χ4v) is 4.44. The predicted molar refractivity (Wildman–Crippen MR) is 144 cm³/mol. The summed E-state index contributed by atoms with van der Waals surface area (Å²) in [5, 5.41) is 25.9. The average Bonchev–Trinajstić information content (AvgIpc) is 3.24. The number of halogens is 1. The number of nitrogens with one attached hydrogen (secondary N) is 2. The number of hydrogen-bond donors (Lipinski definition) is 2. The van der Waals surface area contributed by atoms with E-state index in [0.29, 0.717) is 23.1 Å². The van der Waals surface area contributed by atoms with Crippen LogP contribution in [0, 0.1) is 23.0 Å². The largest absolute Gasteiger partial charge is 0.342 e. The number of non-ortho nitro benzene ring substituents is 1. The SMILES string of the molecule is C=CCn1c(SCC(=O)Nc2cc([N+](=O)[O-])ccc2Cl)nnc1[C@H](NC(=O)c1cccc(C)c1)C(C)C. The number of rotatable bonds is 11. The van der Waals surface area contributed by atoms with E-state index in [-0.39, 0.29) is 34.0 Å². The third-order valence-corrected chi connectivity index (χ3v) is 6.63. The van der Waals surface area contributed by atoms with Crippen LogP contribution < -0.4 is 10.6 Å². The quantitative estimate of drug-likeness (QED) is 0.147. The van der Waals surface area contributed by atoms with Crippen LogP contribution in [0.1, 0.15) is 41.6 Å². The van der Waals surface area contributed by atoms with Crippen molar-refractivity contribution in [3.8, 4) is 0 Å². The summed E-state index contributed by atoms with van der Waals surface area (Å²) in [6, 6.07) is 10.7. The molecule has 3 rings (SSSR count). The summed E-state index contributed by atoms with van der Waals surface area (Å²) >= 11 is 7.21. The number of nitrogens with zero attached hydrogens (tertiary/aromatic N) is 4. The number of carbonyl (C=O) groups is 2. The van der Waals surface area contributed by atoms with Crippen molar-refractivity contribution in [2.24, 2.45) is 5.92 Å². The number of carbonyl (C=O) groups excluding carboxylic acids is 2. The van der Waals surface area contributed by atoms with E-state index in [1.54, 1.807) is 16.7 Å². The van der Waals surface area contributed by atoms with Gasteiger partial charge in [0.1, 0.15) is 0 Å². The van der Waals surface area contributed by atoms with Crippen molar-refractivity contribution < 1.29 is 14.5 Å². The summed E-state index contributed by atoms with van der Waals surface area (Å²) in [7, 11) is 0. The number of allylic oxidation sites excluding steroid dienone is 1. The molecule has 1 heterocycles. The van der Waals surface area contributed by atoms with Gasteiger partial charge in [-0.05, 0) is 31.0 Å². The van der Waals surface area contributed by atoms with Gasteiger partial charge in [0, 0.05) is 24.2 Å². The molecule has 0 spiro atoms. The first-order chi connectivity index (χ1) is 17.6. The van der Waals surface area contributed by atoms with Gasteiger partial charge < -0.3 is 15.2 Å². The van der Waals surface area contributed by atoms with Crippen molar-refractivity contribution in [2.45, 2.75) is 38.5 Å². The van der Waals surface area contributed by atoms with Gasteiger partial charge in [0.2, 0.25) is 5.91 Å². The smallest absolute Gasteiger partial charge is 0.271 e. The second-order valence-corrected chi connectivity index (χ2v) is 9.91. The molecule has 0 saturated heterocycles. The Kier molecular flexibility index (Phi) is 9.42. The zero-order valence-corrected chi connectivity index (χ0v) is 22.2. The van der Waals surface area contributed by atoms with Crippen molar-refractivity contribution in [3.63, 3.8) is 0 Å². The van der Waals surface area contributed by atoms with Gasteiger partial charge in [-0.25, -0.2) is 0 Å². The topological polar surface area (TPSA) is 132 Å². The van der Waals surface area contributed by atoms with Gasteiger partial charge in [-0.2, -0.15) is 0 Å². The Labute approximate surface area is 223 Å². The van der Waals surface area contributed by atoms with Crippen LogP contribution in [0.4, 0.5) is 11.4 Å². The maximum Gasteiger partial charge on any atom is 0.271 e. The van der Waals surface area contributed by atoms with Crippen LogP contribution in [0.25, 0.3) is 0 Å². The Hall–Kier alpha value is -3.70. The highest BCUT2D eigenvalue weighted by Crippen LogP contribution is 2.28. The monoisotopic (exact) mass is 542 g/mol. The third-order valence-electron chi connectivity index (χ3n) is 5.34. The highest BCUT2D eigenvalue weighted by molar-refractivity contribution is 7.99. The molecule has 0 bridgehead atoms. The Morgan fingerprint density at radius 3 is 2.65 bits per heavy atom. The summed E-state index contributed by atoms with van der Waals surface area (Å²) in [6.07, 6.45) is 1.68. The molecule has 0 aliphatic carbocycles. The summed E-state index contributed by atoms with van der Waals surface area (Å²) < 4.78 is 1.80. The number of nitro benzene ring substituents is 1. The molecule has 0 saturated carbocycles. The standard InChI is InChI=1S/C25H27ClN6O4S/c1-5-11-31-23(22(15(2)3)28-24(34)17-8-6-7-16(4)12-17)29-30-25(31)37-14-21(33)27-20-13-18(32(35)36)9-10-19(20)26/h5-10,12-13,15,22H,1,11,14H2,2-4H3,(H,27,33)(H,28,34)/t22-/m1/s1. The van der Waals surface area contributed by atoms with E-state index < -0.39 is 16.9 Å². The van der Waals surface area contributed by atoms with Gasteiger partial charge in [0.15, 0.2) is 11.0 Å². The number of benzene rings is 2. The number of thioether (sulfide) groups is 1. The zero-order chi connectivity index (χ0) is 27.1.